The summed E-state index contributed by atoms with van der Waals surface area (Å²) in [6.07, 6.45) is -0.622. The third-order valence-corrected chi connectivity index (χ3v) is 3.51. The fourth-order valence-corrected chi connectivity index (χ4v) is 2.48. The third kappa shape index (κ3) is 3.09. The van der Waals surface area contributed by atoms with E-state index in [-0.39, 0.29) is 6.42 Å². The van der Waals surface area contributed by atoms with E-state index >= 15 is 0 Å². The Morgan fingerprint density at radius 3 is 2.19 bits per heavy atom. The lowest BCUT2D eigenvalue weighted by Gasteiger charge is -2.12. The first-order valence-electron chi connectivity index (χ1n) is 6.73. The Morgan fingerprint density at radius 1 is 0.810 bits per heavy atom. The van der Waals surface area contributed by atoms with Gasteiger partial charge in [0.1, 0.15) is 11.6 Å². The lowest BCUT2D eigenvalue weighted by atomic mass is 9.98. The maximum absolute atomic E-state index is 13.2. The third-order valence-electron chi connectivity index (χ3n) is 3.51. The molecule has 1 atom stereocenters. The molecule has 0 aromatic heterocycles. The molecule has 3 rings (SSSR count). The Labute approximate surface area is 121 Å². The topological polar surface area (TPSA) is 20.2 Å². The number of halogens is 2. The largest absolute Gasteiger partial charge is 0.388 e. The van der Waals surface area contributed by atoms with Crippen molar-refractivity contribution in [1.82, 2.24) is 0 Å². The molecule has 0 aliphatic carbocycles. The first kappa shape index (κ1) is 13.7. The Morgan fingerprint density at radius 2 is 1.48 bits per heavy atom. The standard InChI is InChI=1S/C18H14F2O/c19-16-7-12(8-17(20)11-16)9-18(21)15-6-5-13-3-1-2-4-14(13)10-15/h1-8,10-11,18,21H,9H2. The number of aliphatic hydroxyl groups is 1. The molecule has 0 saturated carbocycles. The van der Waals surface area contributed by atoms with Crippen LogP contribution in [0.2, 0.25) is 0 Å². The van der Waals surface area contributed by atoms with E-state index in [1.165, 1.54) is 12.1 Å². The van der Waals surface area contributed by atoms with Crippen LogP contribution in [0.5, 0.6) is 0 Å². The first-order chi connectivity index (χ1) is 10.1. The predicted octanol–water partition coefficient (Wildman–Crippen LogP) is 4.39. The van der Waals surface area contributed by atoms with E-state index in [1.807, 2.05) is 42.5 Å². The van der Waals surface area contributed by atoms with Crippen molar-refractivity contribution in [3.05, 3.63) is 83.4 Å². The van der Waals surface area contributed by atoms with E-state index in [9.17, 15) is 13.9 Å². The molecule has 0 fully saturated rings. The molecule has 3 aromatic rings. The molecule has 21 heavy (non-hydrogen) atoms. The second-order valence-corrected chi connectivity index (χ2v) is 5.10. The predicted molar refractivity (Wildman–Crippen MR) is 79.0 cm³/mol. The van der Waals surface area contributed by atoms with Crippen LogP contribution in [0.15, 0.2) is 60.7 Å². The van der Waals surface area contributed by atoms with Gasteiger partial charge in [0.25, 0.3) is 0 Å². The van der Waals surface area contributed by atoms with Crippen LogP contribution >= 0.6 is 0 Å². The molecule has 1 nitrogen and oxygen atoms in total. The fourth-order valence-electron chi connectivity index (χ4n) is 2.48. The van der Waals surface area contributed by atoms with Crippen LogP contribution in [0.1, 0.15) is 17.2 Å². The Balaban J connectivity index is 1.87. The zero-order valence-corrected chi connectivity index (χ0v) is 11.3. The van der Waals surface area contributed by atoms with E-state index in [1.54, 1.807) is 0 Å². The molecule has 106 valence electrons. The van der Waals surface area contributed by atoms with Crippen LogP contribution in [0.4, 0.5) is 8.78 Å². The van der Waals surface area contributed by atoms with Gasteiger partial charge in [-0.3, -0.25) is 0 Å². The summed E-state index contributed by atoms with van der Waals surface area (Å²) in [5, 5.41) is 12.4. The highest BCUT2D eigenvalue weighted by Gasteiger charge is 2.11. The van der Waals surface area contributed by atoms with Crippen LogP contribution in [0.25, 0.3) is 10.8 Å². The number of hydrogen-bond acceptors (Lipinski definition) is 1. The minimum absolute atomic E-state index is 0.174. The minimum atomic E-state index is -0.796. The van der Waals surface area contributed by atoms with Gasteiger partial charge in [0, 0.05) is 12.5 Å². The van der Waals surface area contributed by atoms with E-state index in [4.69, 9.17) is 0 Å². The molecule has 3 heteroatoms. The number of benzene rings is 3. The van der Waals surface area contributed by atoms with Gasteiger partial charge in [-0.2, -0.15) is 0 Å². The fraction of sp³-hybridized carbons (Fsp3) is 0.111. The zero-order chi connectivity index (χ0) is 14.8. The van der Waals surface area contributed by atoms with Gasteiger partial charge >= 0.3 is 0 Å². The summed E-state index contributed by atoms with van der Waals surface area (Å²) in [6.45, 7) is 0. The van der Waals surface area contributed by atoms with Crippen LogP contribution in [-0.4, -0.2) is 5.11 Å². The van der Waals surface area contributed by atoms with Gasteiger partial charge in [-0.1, -0.05) is 36.4 Å². The minimum Gasteiger partial charge on any atom is -0.388 e. The Hall–Kier alpha value is -2.26. The quantitative estimate of drug-likeness (QED) is 0.756. The first-order valence-corrected chi connectivity index (χ1v) is 6.73. The van der Waals surface area contributed by atoms with Crippen molar-refractivity contribution >= 4 is 10.8 Å². The highest BCUT2D eigenvalue weighted by atomic mass is 19.1. The molecular weight excluding hydrogens is 270 g/mol. The summed E-state index contributed by atoms with van der Waals surface area (Å²) < 4.78 is 26.3. The zero-order valence-electron chi connectivity index (χ0n) is 11.3. The lowest BCUT2D eigenvalue weighted by Crippen LogP contribution is -2.02. The summed E-state index contributed by atoms with van der Waals surface area (Å²) >= 11 is 0. The van der Waals surface area contributed by atoms with Crippen molar-refractivity contribution in [3.63, 3.8) is 0 Å². The smallest absolute Gasteiger partial charge is 0.126 e. The highest BCUT2D eigenvalue weighted by molar-refractivity contribution is 5.83. The van der Waals surface area contributed by atoms with Crippen molar-refractivity contribution in [2.24, 2.45) is 0 Å². The van der Waals surface area contributed by atoms with Gasteiger partial charge in [-0.25, -0.2) is 8.78 Å². The molecule has 0 amide bonds. The van der Waals surface area contributed by atoms with Crippen LogP contribution in [-0.2, 0) is 6.42 Å². The summed E-state index contributed by atoms with van der Waals surface area (Å²) in [4.78, 5) is 0. The van der Waals surface area contributed by atoms with Gasteiger partial charge < -0.3 is 5.11 Å². The van der Waals surface area contributed by atoms with Crippen molar-refractivity contribution < 1.29 is 13.9 Å². The average Bonchev–Trinajstić information content (AvgIpc) is 2.45. The number of aliphatic hydroxyl groups excluding tert-OH is 1. The number of rotatable bonds is 3. The van der Waals surface area contributed by atoms with Crippen LogP contribution in [0, 0.1) is 11.6 Å². The molecule has 3 aromatic carbocycles. The second-order valence-electron chi connectivity index (χ2n) is 5.10. The molecule has 0 aliphatic rings. The van der Waals surface area contributed by atoms with Gasteiger partial charge in [-0.15, -0.1) is 0 Å². The molecule has 0 saturated heterocycles. The molecular formula is C18H14F2O. The monoisotopic (exact) mass is 284 g/mol. The average molecular weight is 284 g/mol. The normalized spacial score (nSPS) is 12.5. The summed E-state index contributed by atoms with van der Waals surface area (Å²) in [7, 11) is 0. The highest BCUT2D eigenvalue weighted by Crippen LogP contribution is 2.23. The molecule has 0 radical (unpaired) electrons. The summed E-state index contributed by atoms with van der Waals surface area (Å²) in [6, 6.07) is 16.8. The molecule has 0 bridgehead atoms. The molecule has 1 N–H and O–H groups in total. The van der Waals surface area contributed by atoms with Crippen LogP contribution < -0.4 is 0 Å². The van der Waals surface area contributed by atoms with Crippen LogP contribution in [0.3, 0.4) is 0 Å². The maximum atomic E-state index is 13.2. The van der Waals surface area contributed by atoms with Gasteiger partial charge in [0.2, 0.25) is 0 Å². The van der Waals surface area contributed by atoms with E-state index < -0.39 is 17.7 Å². The van der Waals surface area contributed by atoms with E-state index in [0.29, 0.717) is 5.56 Å². The number of fused-ring (bicyclic) bond motifs is 1. The molecule has 0 spiro atoms. The lowest BCUT2D eigenvalue weighted by molar-refractivity contribution is 0.178. The Bertz CT molecular complexity index is 763. The van der Waals surface area contributed by atoms with E-state index in [2.05, 4.69) is 0 Å². The SMILES string of the molecule is OC(Cc1cc(F)cc(F)c1)c1ccc2ccccc2c1. The molecule has 0 aliphatic heterocycles. The van der Waals surface area contributed by atoms with Gasteiger partial charge in [0.15, 0.2) is 0 Å². The molecule has 0 heterocycles. The summed E-state index contributed by atoms with van der Waals surface area (Å²) in [5.74, 6) is -1.26. The van der Waals surface area contributed by atoms with Gasteiger partial charge in [0.05, 0.1) is 6.10 Å². The maximum Gasteiger partial charge on any atom is 0.126 e. The second kappa shape index (κ2) is 5.62. The number of hydrogen-bond donors (Lipinski definition) is 1. The van der Waals surface area contributed by atoms with E-state index in [0.717, 1.165) is 22.4 Å². The van der Waals surface area contributed by atoms with Crippen molar-refractivity contribution in [1.29, 1.82) is 0 Å². The van der Waals surface area contributed by atoms with Crippen molar-refractivity contribution in [3.8, 4) is 0 Å². The van der Waals surface area contributed by atoms with Crippen molar-refractivity contribution in [2.45, 2.75) is 12.5 Å². The van der Waals surface area contributed by atoms with Crippen molar-refractivity contribution in [2.75, 3.05) is 0 Å². The van der Waals surface area contributed by atoms with Gasteiger partial charge in [-0.05, 0) is 40.1 Å². The summed E-state index contributed by atoms with van der Waals surface area (Å²) in [5.41, 5.74) is 1.17. The Kier molecular flexibility index (Phi) is 3.67. The molecule has 1 unspecified atom stereocenters.